The van der Waals surface area contributed by atoms with Gasteiger partial charge in [0.05, 0.1) is 6.61 Å². The van der Waals surface area contributed by atoms with E-state index in [1.807, 2.05) is 12.1 Å². The minimum Gasteiger partial charge on any atom is -0.380 e. The summed E-state index contributed by atoms with van der Waals surface area (Å²) in [5, 5.41) is 3.51. The van der Waals surface area contributed by atoms with Gasteiger partial charge in [-0.15, -0.1) is 0 Å². The van der Waals surface area contributed by atoms with Gasteiger partial charge in [0.15, 0.2) is 0 Å². The van der Waals surface area contributed by atoms with Gasteiger partial charge in [-0.2, -0.15) is 0 Å². The fourth-order valence-electron chi connectivity index (χ4n) is 2.07. The minimum atomic E-state index is -0.183. The van der Waals surface area contributed by atoms with Crippen molar-refractivity contribution >= 4 is 0 Å². The summed E-state index contributed by atoms with van der Waals surface area (Å²) < 4.78 is 18.2. The van der Waals surface area contributed by atoms with Gasteiger partial charge >= 0.3 is 0 Å². The third-order valence-electron chi connectivity index (χ3n) is 3.02. The first kappa shape index (κ1) is 11.6. The van der Waals surface area contributed by atoms with Gasteiger partial charge in [0.2, 0.25) is 0 Å². The topological polar surface area (TPSA) is 21.3 Å². The summed E-state index contributed by atoms with van der Waals surface area (Å²) in [5.74, 6) is -0.183. The molecule has 0 spiro atoms. The van der Waals surface area contributed by atoms with Crippen molar-refractivity contribution in [2.75, 3.05) is 13.2 Å². The highest BCUT2D eigenvalue weighted by atomic mass is 19.1. The van der Waals surface area contributed by atoms with Crippen molar-refractivity contribution in [1.82, 2.24) is 5.32 Å². The fraction of sp³-hybridized carbons (Fsp3) is 0.538. The van der Waals surface area contributed by atoms with Crippen molar-refractivity contribution in [3.63, 3.8) is 0 Å². The van der Waals surface area contributed by atoms with Crippen LogP contribution in [-0.2, 0) is 4.74 Å². The molecule has 88 valence electrons. The van der Waals surface area contributed by atoms with Crippen molar-refractivity contribution in [2.24, 2.45) is 0 Å². The Kier molecular flexibility index (Phi) is 3.91. The molecule has 1 aromatic carbocycles. The second-order valence-electron chi connectivity index (χ2n) is 4.35. The molecule has 16 heavy (non-hydrogen) atoms. The number of hydrogen-bond donors (Lipinski definition) is 1. The molecule has 0 amide bonds. The van der Waals surface area contributed by atoms with Gasteiger partial charge in [-0.3, -0.25) is 0 Å². The molecule has 0 aromatic heterocycles. The van der Waals surface area contributed by atoms with E-state index >= 15 is 0 Å². The first-order valence-corrected chi connectivity index (χ1v) is 5.85. The molecule has 1 aliphatic rings. The average molecular weight is 223 g/mol. The number of halogens is 1. The molecule has 1 fully saturated rings. The predicted octanol–water partition coefficient (Wildman–Crippen LogP) is 2.66. The van der Waals surface area contributed by atoms with Gasteiger partial charge in [-0.25, -0.2) is 4.39 Å². The van der Waals surface area contributed by atoms with E-state index < -0.39 is 0 Å². The van der Waals surface area contributed by atoms with E-state index in [2.05, 4.69) is 12.2 Å². The summed E-state index contributed by atoms with van der Waals surface area (Å²) in [6, 6.07) is 7.34. The van der Waals surface area contributed by atoms with Crippen LogP contribution in [0.25, 0.3) is 0 Å². The van der Waals surface area contributed by atoms with Crippen LogP contribution in [0.3, 0.4) is 0 Å². The van der Waals surface area contributed by atoms with E-state index in [0.29, 0.717) is 6.04 Å². The predicted molar refractivity (Wildman–Crippen MR) is 61.8 cm³/mol. The molecule has 1 heterocycles. The van der Waals surface area contributed by atoms with Crippen LogP contribution in [0.2, 0.25) is 0 Å². The summed E-state index contributed by atoms with van der Waals surface area (Å²) in [6.07, 6.45) is 2.28. The number of ether oxygens (including phenoxy) is 1. The molecule has 0 radical (unpaired) electrons. The van der Waals surface area contributed by atoms with Gasteiger partial charge in [0, 0.05) is 18.7 Å². The minimum absolute atomic E-state index is 0.183. The Morgan fingerprint density at radius 1 is 1.38 bits per heavy atom. The monoisotopic (exact) mass is 223 g/mol. The highest BCUT2D eigenvalue weighted by Crippen LogP contribution is 2.16. The average Bonchev–Trinajstić information content (AvgIpc) is 2.31. The molecule has 2 atom stereocenters. The highest BCUT2D eigenvalue weighted by Gasteiger charge is 2.16. The maximum Gasteiger partial charge on any atom is 0.123 e. The Morgan fingerprint density at radius 2 is 2.12 bits per heavy atom. The number of benzene rings is 1. The molecule has 1 unspecified atom stereocenters. The van der Waals surface area contributed by atoms with Gasteiger partial charge in [-0.1, -0.05) is 12.1 Å². The zero-order valence-electron chi connectivity index (χ0n) is 9.58. The second-order valence-corrected chi connectivity index (χ2v) is 4.35. The van der Waals surface area contributed by atoms with E-state index in [0.717, 1.165) is 31.6 Å². The van der Waals surface area contributed by atoms with E-state index in [4.69, 9.17) is 4.74 Å². The van der Waals surface area contributed by atoms with Crippen molar-refractivity contribution < 1.29 is 9.13 Å². The lowest BCUT2D eigenvalue weighted by atomic mass is 10.0. The Balaban J connectivity index is 1.91. The van der Waals surface area contributed by atoms with Crippen LogP contribution in [0.5, 0.6) is 0 Å². The largest absolute Gasteiger partial charge is 0.380 e. The fourth-order valence-corrected chi connectivity index (χ4v) is 2.07. The third-order valence-corrected chi connectivity index (χ3v) is 3.02. The molecular formula is C13H18FNO. The number of hydrogen-bond acceptors (Lipinski definition) is 2. The van der Waals surface area contributed by atoms with Crippen LogP contribution < -0.4 is 5.32 Å². The summed E-state index contributed by atoms with van der Waals surface area (Å²) in [7, 11) is 0. The van der Waals surface area contributed by atoms with Crippen LogP contribution >= 0.6 is 0 Å². The van der Waals surface area contributed by atoms with Crippen LogP contribution in [0.15, 0.2) is 24.3 Å². The number of rotatable bonds is 3. The van der Waals surface area contributed by atoms with E-state index in [-0.39, 0.29) is 11.9 Å². The first-order chi connectivity index (χ1) is 7.75. The van der Waals surface area contributed by atoms with Crippen LogP contribution in [0, 0.1) is 5.82 Å². The standard InChI is InChI=1S/C13H18FNO/c1-10(11-4-6-12(14)7-5-11)15-13-3-2-8-16-9-13/h4-7,10,13,15H,2-3,8-9H2,1H3/t10-,13?/m1/s1. The SMILES string of the molecule is C[C@@H](NC1CCCOC1)c1ccc(F)cc1. The molecule has 2 nitrogen and oxygen atoms in total. The van der Waals surface area contributed by atoms with Gasteiger partial charge in [-0.05, 0) is 37.5 Å². The smallest absolute Gasteiger partial charge is 0.123 e. The second kappa shape index (κ2) is 5.41. The molecular weight excluding hydrogens is 205 g/mol. The quantitative estimate of drug-likeness (QED) is 0.850. The zero-order valence-corrected chi connectivity index (χ0v) is 9.58. The zero-order chi connectivity index (χ0) is 11.4. The maximum atomic E-state index is 12.8. The molecule has 2 rings (SSSR count). The van der Waals surface area contributed by atoms with Gasteiger partial charge in [0.1, 0.15) is 5.82 Å². The molecule has 0 bridgehead atoms. The Hall–Kier alpha value is -0.930. The van der Waals surface area contributed by atoms with E-state index in [9.17, 15) is 4.39 Å². The molecule has 1 aliphatic heterocycles. The van der Waals surface area contributed by atoms with Crippen molar-refractivity contribution in [3.05, 3.63) is 35.6 Å². The molecule has 0 saturated carbocycles. The van der Waals surface area contributed by atoms with E-state index in [1.165, 1.54) is 12.1 Å². The third kappa shape index (κ3) is 3.03. The van der Waals surface area contributed by atoms with Crippen LogP contribution in [0.1, 0.15) is 31.4 Å². The molecule has 1 saturated heterocycles. The Labute approximate surface area is 95.8 Å². The normalized spacial score (nSPS) is 23.0. The molecule has 0 aliphatic carbocycles. The number of nitrogens with one attached hydrogen (secondary N) is 1. The highest BCUT2D eigenvalue weighted by molar-refractivity contribution is 5.19. The molecule has 3 heteroatoms. The molecule has 1 aromatic rings. The van der Waals surface area contributed by atoms with Crippen molar-refractivity contribution in [3.8, 4) is 0 Å². The Bertz CT molecular complexity index is 319. The summed E-state index contributed by atoms with van der Waals surface area (Å²) in [6.45, 7) is 3.76. The lowest BCUT2D eigenvalue weighted by molar-refractivity contribution is 0.0671. The van der Waals surface area contributed by atoms with Gasteiger partial charge < -0.3 is 10.1 Å². The van der Waals surface area contributed by atoms with Crippen LogP contribution in [0.4, 0.5) is 4.39 Å². The summed E-state index contributed by atoms with van der Waals surface area (Å²) >= 11 is 0. The van der Waals surface area contributed by atoms with Gasteiger partial charge in [0.25, 0.3) is 0 Å². The Morgan fingerprint density at radius 3 is 2.75 bits per heavy atom. The van der Waals surface area contributed by atoms with Crippen LogP contribution in [-0.4, -0.2) is 19.3 Å². The maximum absolute atomic E-state index is 12.8. The van der Waals surface area contributed by atoms with E-state index in [1.54, 1.807) is 0 Å². The first-order valence-electron chi connectivity index (χ1n) is 5.85. The van der Waals surface area contributed by atoms with Crippen molar-refractivity contribution in [2.45, 2.75) is 31.8 Å². The van der Waals surface area contributed by atoms with Crippen molar-refractivity contribution in [1.29, 1.82) is 0 Å². The molecule has 1 N–H and O–H groups in total. The summed E-state index contributed by atoms with van der Waals surface area (Å²) in [4.78, 5) is 0. The lowest BCUT2D eigenvalue weighted by Gasteiger charge is -2.26. The lowest BCUT2D eigenvalue weighted by Crippen LogP contribution is -2.38. The summed E-state index contributed by atoms with van der Waals surface area (Å²) in [5.41, 5.74) is 1.12.